The van der Waals surface area contributed by atoms with Crippen molar-refractivity contribution in [3.63, 3.8) is 0 Å². The fraction of sp³-hybridized carbons (Fsp3) is 0.0455. The van der Waals surface area contributed by atoms with E-state index in [1.165, 1.54) is 0 Å². The minimum atomic E-state index is 0.525. The van der Waals surface area contributed by atoms with Crippen LogP contribution in [0.15, 0.2) is 83.7 Å². The van der Waals surface area contributed by atoms with Crippen LogP contribution in [0.1, 0.15) is 11.1 Å². The lowest BCUT2D eigenvalue weighted by Crippen LogP contribution is -1.95. The summed E-state index contributed by atoms with van der Waals surface area (Å²) in [6, 6.07) is 23.9. The van der Waals surface area contributed by atoms with Gasteiger partial charge >= 0.3 is 0 Å². The molecule has 0 radical (unpaired) electrons. The van der Waals surface area contributed by atoms with Gasteiger partial charge in [0, 0.05) is 11.1 Å². The quantitative estimate of drug-likeness (QED) is 0.494. The molecule has 0 aliphatic carbocycles. The Hall–Kier alpha value is -3.51. The van der Waals surface area contributed by atoms with Gasteiger partial charge < -0.3 is 9.15 Å². The molecule has 0 N–H and O–H groups in total. The van der Waals surface area contributed by atoms with Crippen molar-refractivity contribution in [2.45, 2.75) is 6.61 Å². The maximum atomic E-state index is 9.44. The maximum absolute atomic E-state index is 9.44. The van der Waals surface area contributed by atoms with E-state index in [1.54, 1.807) is 12.5 Å². The van der Waals surface area contributed by atoms with E-state index < -0.39 is 0 Å². The van der Waals surface area contributed by atoms with Crippen molar-refractivity contribution in [3.05, 3.63) is 90.4 Å². The Morgan fingerprint density at radius 3 is 2.60 bits per heavy atom. The van der Waals surface area contributed by atoms with E-state index in [4.69, 9.17) is 9.15 Å². The third-order valence-corrected chi connectivity index (χ3v) is 4.17. The van der Waals surface area contributed by atoms with Crippen LogP contribution in [0.2, 0.25) is 0 Å². The molecule has 4 aromatic rings. The minimum Gasteiger partial charge on any atom is -0.489 e. The Kier molecular flexibility index (Phi) is 3.94. The smallest absolute Gasteiger partial charge is 0.120 e. The van der Waals surface area contributed by atoms with Gasteiger partial charge in [-0.05, 0) is 40.6 Å². The van der Waals surface area contributed by atoms with Gasteiger partial charge in [-0.15, -0.1) is 0 Å². The highest BCUT2D eigenvalue weighted by atomic mass is 16.5. The molecule has 0 aliphatic rings. The fourth-order valence-electron chi connectivity index (χ4n) is 2.95. The summed E-state index contributed by atoms with van der Waals surface area (Å²) in [7, 11) is 0. The van der Waals surface area contributed by atoms with Gasteiger partial charge in [0.25, 0.3) is 0 Å². The zero-order valence-corrected chi connectivity index (χ0v) is 13.5. The second-order valence-corrected chi connectivity index (χ2v) is 5.77. The minimum absolute atomic E-state index is 0.525. The molecule has 120 valence electrons. The molecule has 0 saturated carbocycles. The van der Waals surface area contributed by atoms with E-state index in [0.717, 1.165) is 33.2 Å². The van der Waals surface area contributed by atoms with Crippen molar-refractivity contribution in [3.8, 4) is 22.9 Å². The summed E-state index contributed by atoms with van der Waals surface area (Å²) < 4.78 is 11.1. The molecule has 0 atom stereocenters. The van der Waals surface area contributed by atoms with Gasteiger partial charge in [-0.1, -0.05) is 42.5 Å². The van der Waals surface area contributed by atoms with E-state index in [2.05, 4.69) is 6.07 Å². The molecule has 4 rings (SSSR count). The van der Waals surface area contributed by atoms with Crippen LogP contribution < -0.4 is 4.74 Å². The molecule has 0 amide bonds. The molecule has 25 heavy (non-hydrogen) atoms. The van der Waals surface area contributed by atoms with Crippen LogP contribution in [-0.4, -0.2) is 0 Å². The first-order chi connectivity index (χ1) is 12.3. The largest absolute Gasteiger partial charge is 0.489 e. The number of hydrogen-bond donors (Lipinski definition) is 0. The highest BCUT2D eigenvalue weighted by Crippen LogP contribution is 2.34. The van der Waals surface area contributed by atoms with Gasteiger partial charge in [-0.25, -0.2) is 0 Å². The Balaban J connectivity index is 1.71. The molecule has 1 heterocycles. The summed E-state index contributed by atoms with van der Waals surface area (Å²) in [6.45, 7) is 0.525. The molecule has 3 heteroatoms. The van der Waals surface area contributed by atoms with Gasteiger partial charge in [-0.2, -0.15) is 5.26 Å². The highest BCUT2D eigenvalue weighted by Gasteiger charge is 2.11. The average molecular weight is 325 g/mol. The summed E-state index contributed by atoms with van der Waals surface area (Å²) in [5, 5.41) is 11.5. The number of fused-ring (bicyclic) bond motifs is 1. The molecule has 0 bridgehead atoms. The molecular weight excluding hydrogens is 310 g/mol. The van der Waals surface area contributed by atoms with Gasteiger partial charge in [0.15, 0.2) is 0 Å². The summed E-state index contributed by atoms with van der Waals surface area (Å²) in [4.78, 5) is 0. The van der Waals surface area contributed by atoms with Crippen molar-refractivity contribution >= 4 is 10.8 Å². The molecule has 1 aromatic heterocycles. The molecule has 0 fully saturated rings. The number of benzene rings is 3. The Bertz CT molecular complexity index is 1040. The van der Waals surface area contributed by atoms with Crippen molar-refractivity contribution in [1.82, 2.24) is 0 Å². The second kappa shape index (κ2) is 6.54. The lowest BCUT2D eigenvalue weighted by Gasteiger charge is -2.10. The summed E-state index contributed by atoms with van der Waals surface area (Å²) in [6.07, 6.45) is 3.28. The fourth-order valence-corrected chi connectivity index (χ4v) is 2.95. The van der Waals surface area contributed by atoms with E-state index in [9.17, 15) is 5.26 Å². The monoisotopic (exact) mass is 325 g/mol. The van der Waals surface area contributed by atoms with Crippen LogP contribution in [0, 0.1) is 11.3 Å². The van der Waals surface area contributed by atoms with Crippen molar-refractivity contribution in [2.24, 2.45) is 0 Å². The van der Waals surface area contributed by atoms with Gasteiger partial charge in [-0.3, -0.25) is 0 Å². The van der Waals surface area contributed by atoms with Crippen molar-refractivity contribution in [2.75, 3.05) is 0 Å². The zero-order chi connectivity index (χ0) is 17.1. The summed E-state index contributed by atoms with van der Waals surface area (Å²) in [5.41, 5.74) is 3.55. The first-order valence-corrected chi connectivity index (χ1v) is 8.01. The van der Waals surface area contributed by atoms with Crippen LogP contribution in [-0.2, 0) is 6.61 Å². The van der Waals surface area contributed by atoms with Gasteiger partial charge in [0.05, 0.1) is 24.2 Å². The molecule has 3 aromatic carbocycles. The lowest BCUT2D eigenvalue weighted by atomic mass is 9.95. The van der Waals surface area contributed by atoms with E-state index >= 15 is 0 Å². The van der Waals surface area contributed by atoms with Gasteiger partial charge in [0.1, 0.15) is 12.4 Å². The predicted octanol–water partition coefficient (Wildman–Crippen LogP) is 5.55. The maximum Gasteiger partial charge on any atom is 0.120 e. The van der Waals surface area contributed by atoms with Crippen LogP contribution >= 0.6 is 0 Å². The molecule has 0 saturated heterocycles. The predicted molar refractivity (Wildman–Crippen MR) is 97.1 cm³/mol. The van der Waals surface area contributed by atoms with E-state index in [1.807, 2.05) is 66.7 Å². The topological polar surface area (TPSA) is 46.2 Å². The Morgan fingerprint density at radius 1 is 0.960 bits per heavy atom. The normalized spacial score (nSPS) is 10.5. The average Bonchev–Trinajstić information content (AvgIpc) is 3.20. The molecule has 0 aliphatic heterocycles. The Morgan fingerprint density at radius 2 is 1.84 bits per heavy atom. The molecule has 0 unspecified atom stereocenters. The number of nitrogens with zero attached hydrogens (tertiary/aromatic N) is 1. The third kappa shape index (κ3) is 2.98. The van der Waals surface area contributed by atoms with Crippen molar-refractivity contribution in [1.29, 1.82) is 5.26 Å². The lowest BCUT2D eigenvalue weighted by molar-refractivity contribution is 0.306. The molecule has 0 spiro atoms. The zero-order valence-electron chi connectivity index (χ0n) is 13.5. The molecular formula is C22H15NO2. The SMILES string of the molecule is N#Cc1ccc2cc(OCc3ccccc3)ccc2c1-c1ccoc1. The van der Waals surface area contributed by atoms with Crippen LogP contribution in [0.5, 0.6) is 5.75 Å². The van der Waals surface area contributed by atoms with Crippen LogP contribution in [0.25, 0.3) is 21.9 Å². The first kappa shape index (κ1) is 15.0. The second-order valence-electron chi connectivity index (χ2n) is 5.77. The Labute approximate surface area is 145 Å². The van der Waals surface area contributed by atoms with Crippen molar-refractivity contribution < 1.29 is 9.15 Å². The van der Waals surface area contributed by atoms with Crippen LogP contribution in [0.3, 0.4) is 0 Å². The van der Waals surface area contributed by atoms with Crippen LogP contribution in [0.4, 0.5) is 0 Å². The standard InChI is InChI=1S/C22H15NO2/c23-13-18-7-6-17-12-20(25-14-16-4-2-1-3-5-16)8-9-21(17)22(18)19-10-11-24-15-19/h1-12,15H,14H2. The number of nitriles is 1. The summed E-state index contributed by atoms with van der Waals surface area (Å²) >= 11 is 0. The number of ether oxygens (including phenoxy) is 1. The van der Waals surface area contributed by atoms with E-state index in [0.29, 0.717) is 12.2 Å². The van der Waals surface area contributed by atoms with Gasteiger partial charge in [0.2, 0.25) is 0 Å². The highest BCUT2D eigenvalue weighted by molar-refractivity contribution is 5.99. The van der Waals surface area contributed by atoms with E-state index in [-0.39, 0.29) is 0 Å². The number of rotatable bonds is 4. The molecule has 3 nitrogen and oxygen atoms in total. The first-order valence-electron chi connectivity index (χ1n) is 8.01. The summed E-state index contributed by atoms with van der Waals surface area (Å²) in [5.74, 6) is 0.805. The number of furan rings is 1. The third-order valence-electron chi connectivity index (χ3n) is 4.17. The number of hydrogen-bond acceptors (Lipinski definition) is 3.